The number of rotatable bonds is 7. The van der Waals surface area contributed by atoms with E-state index < -0.39 is 23.5 Å². The van der Waals surface area contributed by atoms with E-state index in [0.29, 0.717) is 28.7 Å². The maximum absolute atomic E-state index is 12.3. The second-order valence-corrected chi connectivity index (χ2v) is 6.30. The smallest absolute Gasteiger partial charge is 0.340 e. The zero-order valence-electron chi connectivity index (χ0n) is 15.3. The fourth-order valence-electron chi connectivity index (χ4n) is 2.77. The molecular formula is C19H23NO6. The molecule has 140 valence electrons. The molecule has 2 N–H and O–H groups in total. The molecule has 0 aliphatic rings. The first kappa shape index (κ1) is 19.5. The van der Waals surface area contributed by atoms with Crippen LogP contribution in [0.4, 0.5) is 0 Å². The SMILES string of the molecule is CC[C@@H](C)[C@H](NC(=O)Cc1c(C)c2ccc(OC)cc2oc1=O)C(=O)O. The van der Waals surface area contributed by atoms with Crippen molar-refractivity contribution in [3.05, 3.63) is 39.7 Å². The number of aliphatic carboxylic acids is 1. The molecule has 26 heavy (non-hydrogen) atoms. The van der Waals surface area contributed by atoms with Crippen LogP contribution >= 0.6 is 0 Å². The first-order valence-corrected chi connectivity index (χ1v) is 8.41. The first-order valence-electron chi connectivity index (χ1n) is 8.41. The molecule has 2 aromatic rings. The molecule has 1 amide bonds. The Kier molecular flexibility index (Phi) is 6.02. The van der Waals surface area contributed by atoms with Gasteiger partial charge in [0.05, 0.1) is 19.1 Å². The highest BCUT2D eigenvalue weighted by Crippen LogP contribution is 2.24. The van der Waals surface area contributed by atoms with Crippen molar-refractivity contribution in [2.24, 2.45) is 5.92 Å². The molecule has 0 saturated heterocycles. The molecular weight excluding hydrogens is 338 g/mol. The number of fused-ring (bicyclic) bond motifs is 1. The van der Waals surface area contributed by atoms with Crippen LogP contribution in [0, 0.1) is 12.8 Å². The molecule has 0 radical (unpaired) electrons. The summed E-state index contributed by atoms with van der Waals surface area (Å²) in [5, 5.41) is 12.5. The minimum atomic E-state index is -1.10. The van der Waals surface area contributed by atoms with Gasteiger partial charge in [-0.25, -0.2) is 9.59 Å². The van der Waals surface area contributed by atoms with Crippen molar-refractivity contribution in [2.45, 2.75) is 39.7 Å². The van der Waals surface area contributed by atoms with E-state index >= 15 is 0 Å². The number of carbonyl (C=O) groups is 2. The highest BCUT2D eigenvalue weighted by molar-refractivity contribution is 5.87. The largest absolute Gasteiger partial charge is 0.497 e. The van der Waals surface area contributed by atoms with Crippen LogP contribution in [-0.2, 0) is 16.0 Å². The van der Waals surface area contributed by atoms with Crippen molar-refractivity contribution < 1.29 is 23.8 Å². The van der Waals surface area contributed by atoms with Gasteiger partial charge in [-0.1, -0.05) is 20.3 Å². The average molecular weight is 361 g/mol. The molecule has 1 heterocycles. The Bertz CT molecular complexity index is 885. The third kappa shape index (κ3) is 4.04. The van der Waals surface area contributed by atoms with Gasteiger partial charge in [-0.05, 0) is 30.5 Å². The lowest BCUT2D eigenvalue weighted by molar-refractivity contribution is -0.143. The number of benzene rings is 1. The van der Waals surface area contributed by atoms with E-state index in [1.165, 1.54) is 7.11 Å². The molecule has 0 spiro atoms. The van der Waals surface area contributed by atoms with Gasteiger partial charge in [-0.3, -0.25) is 4.79 Å². The summed E-state index contributed by atoms with van der Waals surface area (Å²) in [6, 6.07) is 4.11. The molecule has 0 fully saturated rings. The van der Waals surface area contributed by atoms with Gasteiger partial charge in [0.15, 0.2) is 0 Å². The lowest BCUT2D eigenvalue weighted by atomic mass is 9.98. The summed E-state index contributed by atoms with van der Waals surface area (Å²) in [6.45, 7) is 5.34. The van der Waals surface area contributed by atoms with Crippen molar-refractivity contribution in [2.75, 3.05) is 7.11 Å². The van der Waals surface area contributed by atoms with Gasteiger partial charge in [0, 0.05) is 11.5 Å². The fourth-order valence-corrected chi connectivity index (χ4v) is 2.77. The van der Waals surface area contributed by atoms with Crippen molar-refractivity contribution in [3.8, 4) is 5.75 Å². The molecule has 1 aromatic heterocycles. The van der Waals surface area contributed by atoms with Crippen molar-refractivity contribution >= 4 is 22.8 Å². The zero-order chi connectivity index (χ0) is 19.4. The van der Waals surface area contributed by atoms with Crippen molar-refractivity contribution in [3.63, 3.8) is 0 Å². The van der Waals surface area contributed by atoms with E-state index in [1.54, 1.807) is 32.0 Å². The molecule has 0 saturated carbocycles. The number of ether oxygens (including phenoxy) is 1. The zero-order valence-corrected chi connectivity index (χ0v) is 15.3. The highest BCUT2D eigenvalue weighted by atomic mass is 16.5. The maximum atomic E-state index is 12.3. The van der Waals surface area contributed by atoms with E-state index in [9.17, 15) is 19.5 Å². The standard InChI is InChI=1S/C19H23NO6/c1-5-10(2)17(18(22)23)20-16(21)9-14-11(3)13-7-6-12(25-4)8-15(13)26-19(14)24/h6-8,10,17H,5,9H2,1-4H3,(H,20,21)(H,22,23)/t10-,17+/m1/s1. The predicted molar refractivity (Wildman–Crippen MR) is 96.5 cm³/mol. The summed E-state index contributed by atoms with van der Waals surface area (Å²) < 4.78 is 10.4. The number of amides is 1. The number of carboxylic acids is 1. The van der Waals surface area contributed by atoms with Crippen LogP contribution in [0.5, 0.6) is 5.75 Å². The lowest BCUT2D eigenvalue weighted by Gasteiger charge is -2.20. The van der Waals surface area contributed by atoms with Crippen LogP contribution in [0.1, 0.15) is 31.4 Å². The van der Waals surface area contributed by atoms with Gasteiger partial charge in [0.2, 0.25) is 5.91 Å². The number of carbonyl (C=O) groups excluding carboxylic acids is 1. The van der Waals surface area contributed by atoms with Crippen LogP contribution in [-0.4, -0.2) is 30.1 Å². The Labute approximate surface area is 151 Å². The molecule has 2 atom stereocenters. The molecule has 7 nitrogen and oxygen atoms in total. The molecule has 0 aliphatic carbocycles. The second kappa shape index (κ2) is 8.03. The fraction of sp³-hybridized carbons (Fsp3) is 0.421. The Balaban J connectivity index is 2.31. The summed E-state index contributed by atoms with van der Waals surface area (Å²) in [4.78, 5) is 36.0. The number of carboxylic acid groups (broad SMARTS) is 1. The maximum Gasteiger partial charge on any atom is 0.340 e. The van der Waals surface area contributed by atoms with Crippen LogP contribution < -0.4 is 15.7 Å². The minimum Gasteiger partial charge on any atom is -0.497 e. The van der Waals surface area contributed by atoms with Gasteiger partial charge >= 0.3 is 11.6 Å². The van der Waals surface area contributed by atoms with E-state index in [0.717, 1.165) is 0 Å². The average Bonchev–Trinajstić information content (AvgIpc) is 2.61. The van der Waals surface area contributed by atoms with E-state index in [2.05, 4.69) is 5.32 Å². The summed E-state index contributed by atoms with van der Waals surface area (Å²) >= 11 is 0. The molecule has 7 heteroatoms. The monoisotopic (exact) mass is 361 g/mol. The quantitative estimate of drug-likeness (QED) is 0.733. The van der Waals surface area contributed by atoms with E-state index in [1.807, 2.05) is 6.92 Å². The second-order valence-electron chi connectivity index (χ2n) is 6.30. The Morgan fingerprint density at radius 3 is 2.62 bits per heavy atom. The summed E-state index contributed by atoms with van der Waals surface area (Å²) in [6.07, 6.45) is 0.368. The van der Waals surface area contributed by atoms with Crippen molar-refractivity contribution in [1.29, 1.82) is 0 Å². The minimum absolute atomic E-state index is 0.216. The summed E-state index contributed by atoms with van der Waals surface area (Å²) in [5.74, 6) is -1.29. The molecule has 0 bridgehead atoms. The third-order valence-corrected chi connectivity index (χ3v) is 4.63. The van der Waals surface area contributed by atoms with Gasteiger partial charge in [-0.15, -0.1) is 0 Å². The van der Waals surface area contributed by atoms with Crippen LogP contribution in [0.2, 0.25) is 0 Å². The van der Waals surface area contributed by atoms with E-state index in [-0.39, 0.29) is 17.9 Å². The van der Waals surface area contributed by atoms with Gasteiger partial charge in [-0.2, -0.15) is 0 Å². The molecule has 2 rings (SSSR count). The van der Waals surface area contributed by atoms with Crippen molar-refractivity contribution in [1.82, 2.24) is 5.32 Å². The van der Waals surface area contributed by atoms with Gasteiger partial charge < -0.3 is 19.6 Å². The van der Waals surface area contributed by atoms with Crippen LogP contribution in [0.3, 0.4) is 0 Å². The number of aryl methyl sites for hydroxylation is 1. The summed E-state index contributed by atoms with van der Waals surface area (Å²) in [5.41, 5.74) is 0.603. The first-order chi connectivity index (χ1) is 12.3. The normalized spacial score (nSPS) is 13.2. The number of methoxy groups -OCH3 is 1. The summed E-state index contributed by atoms with van der Waals surface area (Å²) in [7, 11) is 1.51. The number of hydrogen-bond donors (Lipinski definition) is 2. The Hall–Kier alpha value is -2.83. The van der Waals surface area contributed by atoms with Gasteiger partial charge in [0.25, 0.3) is 0 Å². The Morgan fingerprint density at radius 1 is 1.35 bits per heavy atom. The van der Waals surface area contributed by atoms with Crippen LogP contribution in [0.25, 0.3) is 11.0 Å². The van der Waals surface area contributed by atoms with Gasteiger partial charge in [0.1, 0.15) is 17.4 Å². The van der Waals surface area contributed by atoms with E-state index in [4.69, 9.17) is 9.15 Å². The molecule has 1 aromatic carbocycles. The Morgan fingerprint density at radius 2 is 2.04 bits per heavy atom. The highest BCUT2D eigenvalue weighted by Gasteiger charge is 2.26. The number of nitrogens with one attached hydrogen (secondary N) is 1. The molecule has 0 aliphatic heterocycles. The van der Waals surface area contributed by atoms with Crippen LogP contribution in [0.15, 0.2) is 27.4 Å². The third-order valence-electron chi connectivity index (χ3n) is 4.63. The molecule has 0 unspecified atom stereocenters. The topological polar surface area (TPSA) is 106 Å². The lowest BCUT2D eigenvalue weighted by Crippen LogP contribution is -2.45. The number of hydrogen-bond acceptors (Lipinski definition) is 5. The predicted octanol–water partition coefficient (Wildman–Crippen LogP) is 2.27.